The van der Waals surface area contributed by atoms with Gasteiger partial charge in [0, 0.05) is 4.91 Å². The number of azide groups is 1. The standard InChI is InChI=1S/C10H21N3O3Si/c1-7(8(9(14)15)12-13-11)16-17(5,6)10(2,3)4/h7-8H,1-6H3,(H,14,15)/t7-,8-/m1/s1. The number of rotatable bonds is 5. The molecule has 0 aliphatic carbocycles. The highest BCUT2D eigenvalue weighted by molar-refractivity contribution is 6.74. The van der Waals surface area contributed by atoms with Crippen LogP contribution in [-0.2, 0) is 9.22 Å². The van der Waals surface area contributed by atoms with Crippen LogP contribution in [0.3, 0.4) is 0 Å². The Morgan fingerprint density at radius 1 is 1.47 bits per heavy atom. The second-order valence-electron chi connectivity index (χ2n) is 5.57. The van der Waals surface area contributed by atoms with Gasteiger partial charge in [0.05, 0.1) is 6.10 Å². The van der Waals surface area contributed by atoms with Crippen LogP contribution < -0.4 is 0 Å². The van der Waals surface area contributed by atoms with Gasteiger partial charge in [-0.15, -0.1) is 0 Å². The molecule has 98 valence electrons. The first kappa shape index (κ1) is 16.0. The summed E-state index contributed by atoms with van der Waals surface area (Å²) in [4.78, 5) is 13.5. The maximum Gasteiger partial charge on any atom is 0.315 e. The Hall–Kier alpha value is -1.04. The lowest BCUT2D eigenvalue weighted by molar-refractivity contribution is -0.140. The SMILES string of the molecule is C[C@@H](O[Si](C)(C)C(C)(C)C)[C@@H](N=[N+]=[N-])C(=O)O. The van der Waals surface area contributed by atoms with Crippen molar-refractivity contribution < 1.29 is 14.3 Å². The van der Waals surface area contributed by atoms with E-state index >= 15 is 0 Å². The van der Waals surface area contributed by atoms with Crippen molar-refractivity contribution >= 4 is 14.3 Å². The van der Waals surface area contributed by atoms with E-state index in [-0.39, 0.29) is 5.04 Å². The predicted octanol–water partition coefficient (Wildman–Crippen LogP) is 3.16. The topological polar surface area (TPSA) is 95.3 Å². The van der Waals surface area contributed by atoms with E-state index in [1.54, 1.807) is 6.92 Å². The van der Waals surface area contributed by atoms with Gasteiger partial charge >= 0.3 is 5.97 Å². The van der Waals surface area contributed by atoms with Gasteiger partial charge in [0.1, 0.15) is 0 Å². The van der Waals surface area contributed by atoms with Crippen LogP contribution in [0.5, 0.6) is 0 Å². The largest absolute Gasteiger partial charge is 0.481 e. The van der Waals surface area contributed by atoms with Gasteiger partial charge in [0.2, 0.25) is 0 Å². The molecule has 2 atom stereocenters. The van der Waals surface area contributed by atoms with Crippen molar-refractivity contribution in [3.63, 3.8) is 0 Å². The Kier molecular flexibility index (Phi) is 5.19. The summed E-state index contributed by atoms with van der Waals surface area (Å²) in [6, 6.07) is -1.17. The van der Waals surface area contributed by atoms with Gasteiger partial charge in [-0.2, -0.15) is 0 Å². The molecule has 17 heavy (non-hydrogen) atoms. The first-order chi connectivity index (χ1) is 7.53. The van der Waals surface area contributed by atoms with E-state index in [1.807, 2.05) is 13.1 Å². The lowest BCUT2D eigenvalue weighted by atomic mass is 10.2. The lowest BCUT2D eigenvalue weighted by Gasteiger charge is -2.39. The van der Waals surface area contributed by atoms with Crippen molar-refractivity contribution in [3.05, 3.63) is 10.4 Å². The summed E-state index contributed by atoms with van der Waals surface area (Å²) < 4.78 is 5.87. The normalized spacial score (nSPS) is 15.9. The molecule has 0 spiro atoms. The van der Waals surface area contributed by atoms with Gasteiger partial charge in [-0.25, -0.2) is 0 Å². The summed E-state index contributed by atoms with van der Waals surface area (Å²) in [6.07, 6.45) is -0.621. The maximum absolute atomic E-state index is 10.9. The number of carboxylic acids is 1. The summed E-state index contributed by atoms with van der Waals surface area (Å²) in [5, 5.41) is 12.2. The quantitative estimate of drug-likeness (QED) is 0.355. The Labute approximate surface area is 103 Å². The summed E-state index contributed by atoms with van der Waals surface area (Å²) in [5.74, 6) is -1.16. The average molecular weight is 259 g/mol. The van der Waals surface area contributed by atoms with Crippen molar-refractivity contribution in [2.75, 3.05) is 0 Å². The zero-order chi connectivity index (χ0) is 13.9. The van der Waals surface area contributed by atoms with Gasteiger partial charge in [0.25, 0.3) is 0 Å². The van der Waals surface area contributed by atoms with Crippen LogP contribution >= 0.6 is 0 Å². The molecule has 1 N–H and O–H groups in total. The molecule has 0 bridgehead atoms. The van der Waals surface area contributed by atoms with E-state index in [1.165, 1.54) is 0 Å². The van der Waals surface area contributed by atoms with Crippen molar-refractivity contribution in [2.45, 2.75) is 58.0 Å². The highest BCUT2D eigenvalue weighted by Gasteiger charge is 2.40. The fourth-order valence-corrected chi connectivity index (χ4v) is 2.52. The van der Waals surface area contributed by atoms with E-state index in [0.717, 1.165) is 0 Å². The first-order valence-corrected chi connectivity index (χ1v) is 8.38. The number of carbonyl (C=O) groups is 1. The van der Waals surface area contributed by atoms with Crippen LogP contribution in [0, 0.1) is 0 Å². The van der Waals surface area contributed by atoms with Crippen molar-refractivity contribution in [1.29, 1.82) is 0 Å². The summed E-state index contributed by atoms with van der Waals surface area (Å²) in [7, 11) is -2.05. The molecule has 6 nitrogen and oxygen atoms in total. The van der Waals surface area contributed by atoms with E-state index in [9.17, 15) is 4.79 Å². The summed E-state index contributed by atoms with van der Waals surface area (Å²) >= 11 is 0. The molecule has 0 saturated heterocycles. The molecule has 0 saturated carbocycles. The minimum Gasteiger partial charge on any atom is -0.481 e. The molecule has 0 amide bonds. The minimum atomic E-state index is -2.05. The van der Waals surface area contributed by atoms with Crippen LogP contribution in [0.4, 0.5) is 0 Å². The van der Waals surface area contributed by atoms with E-state index < -0.39 is 26.4 Å². The van der Waals surface area contributed by atoms with Crippen molar-refractivity contribution in [2.24, 2.45) is 5.11 Å². The molecule has 0 aliphatic heterocycles. The number of hydrogen-bond acceptors (Lipinski definition) is 3. The predicted molar refractivity (Wildman–Crippen MR) is 68.3 cm³/mol. The van der Waals surface area contributed by atoms with Crippen LogP contribution in [0.15, 0.2) is 5.11 Å². The number of hydrogen-bond donors (Lipinski definition) is 1. The highest BCUT2D eigenvalue weighted by Crippen LogP contribution is 2.37. The third-order valence-electron chi connectivity index (χ3n) is 3.16. The molecular weight excluding hydrogens is 238 g/mol. The molecule has 0 rings (SSSR count). The number of nitrogens with zero attached hydrogens (tertiary/aromatic N) is 3. The van der Waals surface area contributed by atoms with E-state index in [4.69, 9.17) is 15.1 Å². The molecular formula is C10H21N3O3Si. The summed E-state index contributed by atoms with van der Waals surface area (Å²) in [6.45, 7) is 11.9. The van der Waals surface area contributed by atoms with Crippen molar-refractivity contribution in [3.8, 4) is 0 Å². The van der Waals surface area contributed by atoms with Crippen LogP contribution in [0.2, 0.25) is 18.1 Å². The maximum atomic E-state index is 10.9. The van der Waals surface area contributed by atoms with Gasteiger partial charge in [-0.05, 0) is 30.6 Å². The lowest BCUT2D eigenvalue weighted by Crippen LogP contribution is -2.47. The second kappa shape index (κ2) is 5.53. The Balaban J connectivity index is 4.89. The zero-order valence-corrected chi connectivity index (χ0v) is 12.3. The smallest absolute Gasteiger partial charge is 0.315 e. The molecule has 0 aromatic carbocycles. The average Bonchev–Trinajstić information content (AvgIpc) is 2.10. The number of aliphatic carboxylic acids is 1. The Morgan fingerprint density at radius 3 is 2.24 bits per heavy atom. The van der Waals surface area contributed by atoms with Crippen LogP contribution in [-0.4, -0.2) is 31.5 Å². The fourth-order valence-electron chi connectivity index (χ4n) is 1.11. The van der Waals surface area contributed by atoms with Crippen LogP contribution in [0.1, 0.15) is 27.7 Å². The molecule has 0 aromatic rings. The van der Waals surface area contributed by atoms with Crippen molar-refractivity contribution in [1.82, 2.24) is 0 Å². The summed E-state index contributed by atoms with van der Waals surface area (Å²) in [5.41, 5.74) is 8.34. The number of carboxylic acid groups (broad SMARTS) is 1. The first-order valence-electron chi connectivity index (χ1n) is 5.48. The molecule has 0 unspecified atom stereocenters. The fraction of sp³-hybridized carbons (Fsp3) is 0.900. The zero-order valence-electron chi connectivity index (χ0n) is 11.3. The monoisotopic (exact) mass is 259 g/mol. The third-order valence-corrected chi connectivity index (χ3v) is 7.73. The van der Waals surface area contributed by atoms with Gasteiger partial charge in [0.15, 0.2) is 14.4 Å². The van der Waals surface area contributed by atoms with E-state index in [2.05, 4.69) is 30.8 Å². The van der Waals surface area contributed by atoms with Crippen LogP contribution in [0.25, 0.3) is 10.4 Å². The Morgan fingerprint density at radius 2 is 1.94 bits per heavy atom. The molecule has 0 heterocycles. The molecule has 7 heteroatoms. The second-order valence-corrected chi connectivity index (χ2v) is 10.3. The molecule has 0 fully saturated rings. The molecule has 0 aromatic heterocycles. The van der Waals surface area contributed by atoms with E-state index in [0.29, 0.717) is 0 Å². The third kappa shape index (κ3) is 4.38. The minimum absolute atomic E-state index is 0.0132. The molecule has 0 radical (unpaired) electrons. The Bertz CT molecular complexity index is 330. The van der Waals surface area contributed by atoms with Gasteiger partial charge in [-0.1, -0.05) is 25.9 Å². The highest BCUT2D eigenvalue weighted by atomic mass is 28.4. The van der Waals surface area contributed by atoms with Gasteiger partial charge < -0.3 is 9.53 Å². The molecule has 0 aliphatic rings. The van der Waals surface area contributed by atoms with Gasteiger partial charge in [-0.3, -0.25) is 4.79 Å².